The Bertz CT molecular complexity index is 1390. The van der Waals surface area contributed by atoms with E-state index in [1.54, 1.807) is 19.1 Å². The summed E-state index contributed by atoms with van der Waals surface area (Å²) in [4.78, 5) is 31.7. The third-order valence-corrected chi connectivity index (χ3v) is 6.55. The van der Waals surface area contributed by atoms with E-state index in [0.29, 0.717) is 23.6 Å². The van der Waals surface area contributed by atoms with Gasteiger partial charge in [-0.05, 0) is 42.8 Å². The van der Waals surface area contributed by atoms with E-state index in [9.17, 15) is 9.59 Å². The van der Waals surface area contributed by atoms with E-state index in [2.05, 4.69) is 10.3 Å². The number of likely N-dealkylation sites (tertiary alicyclic amines) is 1. The summed E-state index contributed by atoms with van der Waals surface area (Å²) in [6.45, 7) is 1.99. The van der Waals surface area contributed by atoms with Crippen molar-refractivity contribution in [3.63, 3.8) is 0 Å². The minimum Gasteiger partial charge on any atom is -0.493 e. The van der Waals surface area contributed by atoms with Gasteiger partial charge in [-0.3, -0.25) is 9.59 Å². The molecule has 7 nitrogen and oxygen atoms in total. The molecule has 7 heteroatoms. The molecule has 3 aromatic carbocycles. The number of aromatic nitrogens is 1. The first kappa shape index (κ1) is 22.5. The van der Waals surface area contributed by atoms with E-state index in [4.69, 9.17) is 9.47 Å². The zero-order valence-corrected chi connectivity index (χ0v) is 19.9. The Hall–Kier alpha value is -4.26. The number of carbonyl (C=O) groups is 2. The molecule has 2 amide bonds. The maximum atomic E-state index is 13.8. The van der Waals surface area contributed by atoms with Crippen LogP contribution in [0.2, 0.25) is 0 Å². The van der Waals surface area contributed by atoms with Crippen molar-refractivity contribution in [3.8, 4) is 11.5 Å². The second kappa shape index (κ2) is 9.18. The molecule has 2 heterocycles. The van der Waals surface area contributed by atoms with Crippen LogP contribution in [0.5, 0.6) is 11.5 Å². The monoisotopic (exact) mass is 469 g/mol. The highest BCUT2D eigenvalue weighted by atomic mass is 16.5. The number of methoxy groups -OCH3 is 2. The van der Waals surface area contributed by atoms with E-state index in [1.807, 2.05) is 79.9 Å². The van der Waals surface area contributed by atoms with Crippen LogP contribution < -0.4 is 14.8 Å². The third-order valence-electron chi connectivity index (χ3n) is 6.55. The molecule has 2 unspecified atom stereocenters. The van der Waals surface area contributed by atoms with Crippen molar-refractivity contribution < 1.29 is 19.1 Å². The van der Waals surface area contributed by atoms with Gasteiger partial charge in [-0.15, -0.1) is 0 Å². The van der Waals surface area contributed by atoms with E-state index in [1.165, 1.54) is 0 Å². The van der Waals surface area contributed by atoms with Crippen LogP contribution in [0, 0.1) is 6.92 Å². The van der Waals surface area contributed by atoms with Crippen LogP contribution in [0.25, 0.3) is 10.9 Å². The molecule has 1 aliphatic heterocycles. The summed E-state index contributed by atoms with van der Waals surface area (Å²) >= 11 is 0. The molecule has 0 radical (unpaired) electrons. The Labute approximate surface area is 203 Å². The highest BCUT2D eigenvalue weighted by Gasteiger charge is 2.46. The highest BCUT2D eigenvalue weighted by Crippen LogP contribution is 2.45. The predicted molar refractivity (Wildman–Crippen MR) is 135 cm³/mol. The molecule has 35 heavy (non-hydrogen) atoms. The number of nitrogens with one attached hydrogen (secondary N) is 2. The number of carbonyl (C=O) groups excluding carboxylic acids is 2. The Morgan fingerprint density at radius 3 is 2.49 bits per heavy atom. The van der Waals surface area contributed by atoms with Gasteiger partial charge in [0, 0.05) is 28.4 Å². The number of hydrogen-bond acceptors (Lipinski definition) is 4. The molecular formula is C28H27N3O4. The number of β-lactam (4-membered cyclic amide) rings is 1. The SMILES string of the molecule is COc1ccc(C2CC(=O)N2C(C(=O)Nc2ccc(C)cc2)c2c[nH]c3ccccc23)cc1OC. The molecule has 1 aliphatic rings. The largest absolute Gasteiger partial charge is 0.493 e. The molecule has 0 spiro atoms. The standard InChI is InChI=1S/C28H27N3O4/c1-17-8-11-19(12-9-17)30-28(33)27(21-16-29-22-7-5-4-6-20(21)22)31-23(15-26(31)32)18-10-13-24(34-2)25(14-18)35-3/h4-14,16,23,27,29H,15H2,1-3H3,(H,30,33). The summed E-state index contributed by atoms with van der Waals surface area (Å²) in [5, 5.41) is 3.92. The number of rotatable bonds is 7. The summed E-state index contributed by atoms with van der Waals surface area (Å²) in [5.74, 6) is 0.840. The van der Waals surface area contributed by atoms with Gasteiger partial charge in [-0.2, -0.15) is 0 Å². The van der Waals surface area contributed by atoms with Gasteiger partial charge in [-0.25, -0.2) is 0 Å². The summed E-state index contributed by atoms with van der Waals surface area (Å²) in [5.41, 5.74) is 4.33. The molecular weight excluding hydrogens is 442 g/mol. The first-order valence-electron chi connectivity index (χ1n) is 11.5. The van der Waals surface area contributed by atoms with Crippen molar-refractivity contribution in [1.29, 1.82) is 0 Å². The van der Waals surface area contributed by atoms with Crippen molar-refractivity contribution in [2.45, 2.75) is 25.4 Å². The zero-order chi connectivity index (χ0) is 24.5. The molecule has 0 bridgehead atoms. The summed E-state index contributed by atoms with van der Waals surface area (Å²) in [6.07, 6.45) is 2.13. The molecule has 0 saturated carbocycles. The maximum Gasteiger partial charge on any atom is 0.251 e. The van der Waals surface area contributed by atoms with Gasteiger partial charge >= 0.3 is 0 Å². The van der Waals surface area contributed by atoms with Crippen LogP contribution in [0.1, 0.15) is 35.2 Å². The second-order valence-corrected chi connectivity index (χ2v) is 8.68. The second-order valence-electron chi connectivity index (χ2n) is 8.68. The van der Waals surface area contributed by atoms with E-state index >= 15 is 0 Å². The highest BCUT2D eigenvalue weighted by molar-refractivity contribution is 6.02. The third kappa shape index (κ3) is 4.10. The van der Waals surface area contributed by atoms with Crippen LogP contribution in [0.15, 0.2) is 72.9 Å². The predicted octanol–water partition coefficient (Wildman–Crippen LogP) is 5.15. The average molecular weight is 470 g/mol. The first-order valence-corrected chi connectivity index (χ1v) is 11.5. The van der Waals surface area contributed by atoms with Gasteiger partial charge in [0.15, 0.2) is 11.5 Å². The minimum atomic E-state index is -0.813. The van der Waals surface area contributed by atoms with Gasteiger partial charge in [-0.1, -0.05) is 42.0 Å². The van der Waals surface area contributed by atoms with Crippen LogP contribution in [-0.4, -0.2) is 35.9 Å². The zero-order valence-electron chi connectivity index (χ0n) is 19.9. The first-order chi connectivity index (χ1) is 17.0. The lowest BCUT2D eigenvalue weighted by Gasteiger charge is -2.45. The van der Waals surface area contributed by atoms with Crippen molar-refractivity contribution in [1.82, 2.24) is 9.88 Å². The lowest BCUT2D eigenvalue weighted by atomic mass is 9.88. The van der Waals surface area contributed by atoms with Crippen molar-refractivity contribution >= 4 is 28.4 Å². The molecule has 2 atom stereocenters. The Morgan fingerprint density at radius 2 is 1.77 bits per heavy atom. The normalized spacial score (nSPS) is 16.0. The molecule has 4 aromatic rings. The molecule has 1 fully saturated rings. The summed E-state index contributed by atoms with van der Waals surface area (Å²) < 4.78 is 10.8. The van der Waals surface area contributed by atoms with Crippen LogP contribution in [-0.2, 0) is 9.59 Å². The fourth-order valence-corrected chi connectivity index (χ4v) is 4.68. The summed E-state index contributed by atoms with van der Waals surface area (Å²) in [6, 6.07) is 19.9. The number of anilines is 1. The molecule has 5 rings (SSSR count). The number of para-hydroxylation sites is 1. The number of ether oxygens (including phenoxy) is 2. The fourth-order valence-electron chi connectivity index (χ4n) is 4.68. The number of aryl methyl sites for hydroxylation is 1. The number of amides is 2. The van der Waals surface area contributed by atoms with E-state index in [-0.39, 0.29) is 17.9 Å². The van der Waals surface area contributed by atoms with Gasteiger partial charge in [0.2, 0.25) is 5.91 Å². The fraction of sp³-hybridized carbons (Fsp3) is 0.214. The summed E-state index contributed by atoms with van der Waals surface area (Å²) in [7, 11) is 3.16. The van der Waals surface area contributed by atoms with Gasteiger partial charge in [0.05, 0.1) is 26.7 Å². The Balaban J connectivity index is 1.56. The number of hydrogen-bond donors (Lipinski definition) is 2. The number of nitrogens with zero attached hydrogens (tertiary/aromatic N) is 1. The number of benzene rings is 3. The quantitative estimate of drug-likeness (QED) is 0.367. The van der Waals surface area contributed by atoms with Gasteiger partial charge in [0.1, 0.15) is 6.04 Å². The average Bonchev–Trinajstić information content (AvgIpc) is 3.30. The van der Waals surface area contributed by atoms with E-state index in [0.717, 1.165) is 27.6 Å². The van der Waals surface area contributed by atoms with E-state index < -0.39 is 6.04 Å². The smallest absolute Gasteiger partial charge is 0.251 e. The molecule has 1 saturated heterocycles. The lowest BCUT2D eigenvalue weighted by molar-refractivity contribution is -0.154. The number of fused-ring (bicyclic) bond motifs is 1. The topological polar surface area (TPSA) is 83.7 Å². The van der Waals surface area contributed by atoms with Crippen LogP contribution in [0.4, 0.5) is 5.69 Å². The van der Waals surface area contributed by atoms with Crippen LogP contribution in [0.3, 0.4) is 0 Å². The van der Waals surface area contributed by atoms with Gasteiger partial charge in [0.25, 0.3) is 5.91 Å². The molecule has 2 N–H and O–H groups in total. The lowest BCUT2D eigenvalue weighted by Crippen LogP contribution is -2.51. The molecule has 178 valence electrons. The Kier molecular flexibility index (Phi) is 5.91. The maximum absolute atomic E-state index is 13.8. The van der Waals surface area contributed by atoms with Crippen molar-refractivity contribution in [3.05, 3.63) is 89.6 Å². The minimum absolute atomic E-state index is 0.0841. The molecule has 0 aliphatic carbocycles. The Morgan fingerprint density at radius 1 is 1.03 bits per heavy atom. The number of H-pyrrole nitrogens is 1. The number of aromatic amines is 1. The van der Waals surface area contributed by atoms with Gasteiger partial charge < -0.3 is 24.7 Å². The molecule has 1 aromatic heterocycles. The van der Waals surface area contributed by atoms with Crippen LogP contribution >= 0.6 is 0 Å². The van der Waals surface area contributed by atoms with Crippen molar-refractivity contribution in [2.24, 2.45) is 0 Å². The van der Waals surface area contributed by atoms with Crippen molar-refractivity contribution in [2.75, 3.05) is 19.5 Å².